The molecule has 2 N–H and O–H groups in total. The monoisotopic (exact) mass is 269 g/mol. The number of para-hydroxylation sites is 1. The first kappa shape index (κ1) is 13.3. The van der Waals surface area contributed by atoms with Crippen LogP contribution in [0.5, 0.6) is 0 Å². The number of hydrogen-bond acceptors (Lipinski definition) is 4. The molecule has 0 saturated carbocycles. The molecular formula is C12H19N3O2S. The van der Waals surface area contributed by atoms with Crippen molar-refractivity contribution in [2.75, 3.05) is 25.5 Å². The number of sulfonamides is 1. The van der Waals surface area contributed by atoms with Crippen LogP contribution in [-0.4, -0.2) is 33.6 Å². The summed E-state index contributed by atoms with van der Waals surface area (Å²) in [4.78, 5) is 2.94. The first-order chi connectivity index (χ1) is 8.63. The van der Waals surface area contributed by atoms with Gasteiger partial charge in [0.05, 0.1) is 5.69 Å². The normalized spacial score (nSPS) is 17.6. The SMILES string of the molecule is CNc1ccccc1S(=O)(=O)NN1CCCCC1. The summed E-state index contributed by atoms with van der Waals surface area (Å²) in [5.74, 6) is 0. The predicted molar refractivity (Wildman–Crippen MR) is 71.7 cm³/mol. The molecule has 2 rings (SSSR count). The average Bonchev–Trinajstić information content (AvgIpc) is 2.39. The van der Waals surface area contributed by atoms with Gasteiger partial charge in [-0.3, -0.25) is 0 Å². The van der Waals surface area contributed by atoms with Gasteiger partial charge in [0, 0.05) is 20.1 Å². The van der Waals surface area contributed by atoms with Crippen LogP contribution in [0.2, 0.25) is 0 Å². The zero-order chi connectivity index (χ0) is 13.0. The van der Waals surface area contributed by atoms with Crippen LogP contribution in [0.3, 0.4) is 0 Å². The third-order valence-corrected chi connectivity index (χ3v) is 4.48. The Hall–Kier alpha value is -1.11. The van der Waals surface area contributed by atoms with Gasteiger partial charge in [-0.05, 0) is 25.0 Å². The number of piperidine rings is 1. The molecular weight excluding hydrogens is 250 g/mol. The lowest BCUT2D eigenvalue weighted by atomic mass is 10.2. The minimum Gasteiger partial charge on any atom is -0.387 e. The third-order valence-electron chi connectivity index (χ3n) is 3.05. The lowest BCUT2D eigenvalue weighted by Gasteiger charge is -2.26. The van der Waals surface area contributed by atoms with Crippen LogP contribution in [0.4, 0.5) is 5.69 Å². The predicted octanol–water partition coefficient (Wildman–Crippen LogP) is 1.41. The fourth-order valence-corrected chi connectivity index (χ4v) is 3.45. The lowest BCUT2D eigenvalue weighted by Crippen LogP contribution is -2.45. The van der Waals surface area contributed by atoms with Crippen molar-refractivity contribution in [2.24, 2.45) is 0 Å². The first-order valence-corrected chi connectivity index (χ1v) is 7.66. The van der Waals surface area contributed by atoms with Crippen molar-refractivity contribution in [2.45, 2.75) is 24.2 Å². The zero-order valence-electron chi connectivity index (χ0n) is 10.5. The van der Waals surface area contributed by atoms with Crippen LogP contribution in [0.25, 0.3) is 0 Å². The van der Waals surface area contributed by atoms with E-state index >= 15 is 0 Å². The van der Waals surface area contributed by atoms with E-state index in [9.17, 15) is 8.42 Å². The second-order valence-electron chi connectivity index (χ2n) is 4.39. The molecule has 0 aromatic heterocycles. The number of anilines is 1. The Labute approximate surface area is 108 Å². The second-order valence-corrected chi connectivity index (χ2v) is 6.02. The van der Waals surface area contributed by atoms with Gasteiger partial charge in [-0.15, -0.1) is 4.83 Å². The maximum absolute atomic E-state index is 12.3. The highest BCUT2D eigenvalue weighted by Crippen LogP contribution is 2.20. The number of hydrazine groups is 1. The van der Waals surface area contributed by atoms with Crippen LogP contribution in [0.15, 0.2) is 29.2 Å². The smallest absolute Gasteiger partial charge is 0.255 e. The van der Waals surface area contributed by atoms with E-state index in [1.807, 2.05) is 6.07 Å². The molecule has 6 heteroatoms. The highest BCUT2D eigenvalue weighted by molar-refractivity contribution is 7.89. The summed E-state index contributed by atoms with van der Waals surface area (Å²) < 4.78 is 24.6. The topological polar surface area (TPSA) is 61.4 Å². The van der Waals surface area contributed by atoms with Gasteiger partial charge in [0.2, 0.25) is 0 Å². The van der Waals surface area contributed by atoms with E-state index in [1.54, 1.807) is 30.3 Å². The number of benzene rings is 1. The maximum atomic E-state index is 12.3. The molecule has 1 fully saturated rings. The van der Waals surface area contributed by atoms with Gasteiger partial charge in [0.15, 0.2) is 0 Å². The Balaban J connectivity index is 2.19. The Morgan fingerprint density at radius 2 is 1.78 bits per heavy atom. The van der Waals surface area contributed by atoms with Crippen molar-refractivity contribution in [3.8, 4) is 0 Å². The molecule has 1 aliphatic rings. The molecule has 1 aromatic rings. The highest BCUT2D eigenvalue weighted by atomic mass is 32.2. The molecule has 100 valence electrons. The van der Waals surface area contributed by atoms with Crippen LogP contribution in [0, 0.1) is 0 Å². The summed E-state index contributed by atoms with van der Waals surface area (Å²) in [6.45, 7) is 1.56. The van der Waals surface area contributed by atoms with E-state index < -0.39 is 10.0 Å². The molecule has 0 atom stereocenters. The molecule has 0 spiro atoms. The summed E-state index contributed by atoms with van der Waals surface area (Å²) in [5, 5.41) is 4.68. The summed E-state index contributed by atoms with van der Waals surface area (Å²) in [5.41, 5.74) is 0.613. The maximum Gasteiger partial charge on any atom is 0.255 e. The fraction of sp³-hybridized carbons (Fsp3) is 0.500. The van der Waals surface area contributed by atoms with Crippen LogP contribution >= 0.6 is 0 Å². The molecule has 1 heterocycles. The van der Waals surface area contributed by atoms with E-state index in [-0.39, 0.29) is 4.90 Å². The summed E-state index contributed by atoms with van der Waals surface area (Å²) >= 11 is 0. The van der Waals surface area contributed by atoms with Crippen LogP contribution in [0.1, 0.15) is 19.3 Å². The average molecular weight is 269 g/mol. The number of nitrogens with zero attached hydrogens (tertiary/aromatic N) is 1. The zero-order valence-corrected chi connectivity index (χ0v) is 11.3. The molecule has 0 aliphatic carbocycles. The van der Waals surface area contributed by atoms with Crippen molar-refractivity contribution in [1.82, 2.24) is 9.84 Å². The van der Waals surface area contributed by atoms with E-state index in [2.05, 4.69) is 10.1 Å². The fourth-order valence-electron chi connectivity index (χ4n) is 2.11. The lowest BCUT2D eigenvalue weighted by molar-refractivity contribution is 0.200. The standard InChI is InChI=1S/C12H19N3O2S/c1-13-11-7-3-4-8-12(11)18(16,17)14-15-9-5-2-6-10-15/h3-4,7-8,13-14H,2,5-6,9-10H2,1H3. The Bertz CT molecular complexity index is 496. The summed E-state index contributed by atoms with van der Waals surface area (Å²) in [6, 6.07) is 6.90. The highest BCUT2D eigenvalue weighted by Gasteiger charge is 2.21. The summed E-state index contributed by atoms with van der Waals surface area (Å²) in [7, 11) is -1.77. The largest absolute Gasteiger partial charge is 0.387 e. The van der Waals surface area contributed by atoms with Crippen LogP contribution in [-0.2, 0) is 10.0 Å². The molecule has 1 aromatic carbocycles. The van der Waals surface area contributed by atoms with Crippen molar-refractivity contribution in [3.05, 3.63) is 24.3 Å². The Morgan fingerprint density at radius 1 is 1.11 bits per heavy atom. The van der Waals surface area contributed by atoms with Crippen molar-refractivity contribution < 1.29 is 8.42 Å². The van der Waals surface area contributed by atoms with E-state index in [4.69, 9.17) is 0 Å². The number of hydrogen-bond donors (Lipinski definition) is 2. The first-order valence-electron chi connectivity index (χ1n) is 6.17. The van der Waals surface area contributed by atoms with E-state index in [1.165, 1.54) is 6.42 Å². The van der Waals surface area contributed by atoms with Gasteiger partial charge in [-0.25, -0.2) is 13.4 Å². The molecule has 0 amide bonds. The van der Waals surface area contributed by atoms with E-state index in [0.717, 1.165) is 25.9 Å². The molecule has 1 aliphatic heterocycles. The van der Waals surface area contributed by atoms with Gasteiger partial charge < -0.3 is 5.32 Å². The quantitative estimate of drug-likeness (QED) is 0.867. The minimum absolute atomic E-state index is 0.290. The van der Waals surface area contributed by atoms with Gasteiger partial charge >= 0.3 is 0 Å². The molecule has 18 heavy (non-hydrogen) atoms. The van der Waals surface area contributed by atoms with Crippen molar-refractivity contribution in [3.63, 3.8) is 0 Å². The number of nitrogens with one attached hydrogen (secondary N) is 2. The minimum atomic E-state index is -3.49. The van der Waals surface area contributed by atoms with Crippen molar-refractivity contribution >= 4 is 15.7 Å². The molecule has 0 bridgehead atoms. The summed E-state index contributed by atoms with van der Waals surface area (Å²) in [6.07, 6.45) is 3.25. The van der Waals surface area contributed by atoms with Gasteiger partial charge in [0.25, 0.3) is 10.0 Å². The van der Waals surface area contributed by atoms with Crippen LogP contribution < -0.4 is 10.1 Å². The van der Waals surface area contributed by atoms with Gasteiger partial charge in [-0.1, -0.05) is 18.6 Å². The number of rotatable bonds is 4. The Morgan fingerprint density at radius 3 is 2.44 bits per heavy atom. The Kier molecular flexibility index (Phi) is 4.21. The second kappa shape index (κ2) is 5.69. The van der Waals surface area contributed by atoms with E-state index in [0.29, 0.717) is 5.69 Å². The molecule has 1 saturated heterocycles. The molecule has 0 unspecified atom stereocenters. The third kappa shape index (κ3) is 3.01. The van der Waals surface area contributed by atoms with Gasteiger partial charge in [0.1, 0.15) is 4.90 Å². The molecule has 0 radical (unpaired) electrons. The van der Waals surface area contributed by atoms with Gasteiger partial charge in [-0.2, -0.15) is 0 Å². The molecule has 5 nitrogen and oxygen atoms in total. The van der Waals surface area contributed by atoms with Crippen molar-refractivity contribution in [1.29, 1.82) is 0 Å².